The molecule has 4 nitrogen and oxygen atoms in total. The fourth-order valence-electron chi connectivity index (χ4n) is 1.36. The smallest absolute Gasteiger partial charge is 0.237 e. The Balaban J connectivity index is 2.59. The van der Waals surface area contributed by atoms with E-state index in [0.29, 0.717) is 5.75 Å². The van der Waals surface area contributed by atoms with Crippen molar-refractivity contribution in [1.82, 2.24) is 0 Å². The number of ether oxygens (including phenoxy) is 2. The number of fused-ring (bicyclic) bond motifs is 1. The largest absolute Gasteiger partial charge is 0.454 e. The predicted octanol–water partition coefficient (Wildman–Crippen LogP) is 2.39. The van der Waals surface area contributed by atoms with Crippen molar-refractivity contribution in [3.63, 3.8) is 0 Å². The van der Waals surface area contributed by atoms with E-state index < -0.39 is 20.6 Å². The highest BCUT2D eigenvalue weighted by Gasteiger charge is 2.26. The first-order valence-electron chi connectivity index (χ1n) is 4.07. The highest BCUT2D eigenvalue weighted by molar-refractivity contribution is 9.10. The Morgan fingerprint density at radius 2 is 2.19 bits per heavy atom. The van der Waals surface area contributed by atoms with E-state index in [1.165, 1.54) is 6.07 Å². The Labute approximate surface area is 104 Å². The van der Waals surface area contributed by atoms with Crippen molar-refractivity contribution in [1.29, 1.82) is 0 Å². The third-order valence-corrected chi connectivity index (χ3v) is 3.50. The van der Waals surface area contributed by atoms with Crippen molar-refractivity contribution < 1.29 is 22.3 Å². The van der Waals surface area contributed by atoms with E-state index in [-0.39, 0.29) is 22.6 Å². The van der Waals surface area contributed by atoms with Gasteiger partial charge in [-0.3, -0.25) is 0 Å². The molecule has 0 aromatic heterocycles. The van der Waals surface area contributed by atoms with Crippen LogP contribution in [0.3, 0.4) is 0 Å². The Hall–Kier alpha value is -0.530. The molecule has 0 fully saturated rings. The SMILES string of the molecule is O=S(=O)(Cl)Cc1c(F)c(Br)cc2c1OCO2. The zero-order valence-electron chi connectivity index (χ0n) is 7.67. The van der Waals surface area contributed by atoms with E-state index in [9.17, 15) is 12.8 Å². The second kappa shape index (κ2) is 4.05. The van der Waals surface area contributed by atoms with Gasteiger partial charge < -0.3 is 9.47 Å². The minimum atomic E-state index is -3.86. The lowest BCUT2D eigenvalue weighted by atomic mass is 10.2. The summed E-state index contributed by atoms with van der Waals surface area (Å²) in [5.74, 6) is -0.979. The van der Waals surface area contributed by atoms with E-state index in [1.54, 1.807) is 0 Å². The van der Waals surface area contributed by atoms with Crippen LogP contribution in [-0.2, 0) is 14.8 Å². The molecule has 16 heavy (non-hydrogen) atoms. The summed E-state index contributed by atoms with van der Waals surface area (Å²) in [6, 6.07) is 1.38. The summed E-state index contributed by atoms with van der Waals surface area (Å²) in [5.41, 5.74) is -0.128. The standard InChI is InChI=1S/C8H5BrClFO4S/c9-5-1-6-8(15-3-14-6)4(7(5)11)2-16(10,12)13/h1H,2-3H2. The summed E-state index contributed by atoms with van der Waals surface area (Å²) in [6.45, 7) is -0.0689. The molecule has 0 atom stereocenters. The maximum atomic E-state index is 13.7. The Kier molecular flexibility index (Phi) is 3.02. The molecular weight excluding hydrogens is 327 g/mol. The first-order valence-corrected chi connectivity index (χ1v) is 7.34. The van der Waals surface area contributed by atoms with Crippen molar-refractivity contribution in [2.45, 2.75) is 5.75 Å². The van der Waals surface area contributed by atoms with Gasteiger partial charge in [0, 0.05) is 16.7 Å². The fourth-order valence-corrected chi connectivity index (χ4v) is 2.73. The lowest BCUT2D eigenvalue weighted by molar-refractivity contribution is 0.173. The van der Waals surface area contributed by atoms with Crippen molar-refractivity contribution >= 4 is 35.7 Å². The number of benzene rings is 1. The van der Waals surface area contributed by atoms with Crippen LogP contribution in [0, 0.1) is 5.82 Å². The monoisotopic (exact) mass is 330 g/mol. The van der Waals surface area contributed by atoms with Gasteiger partial charge in [-0.2, -0.15) is 0 Å². The Bertz CT molecular complexity index is 545. The van der Waals surface area contributed by atoms with Gasteiger partial charge in [0.25, 0.3) is 0 Å². The average Bonchev–Trinajstić information content (AvgIpc) is 2.58. The van der Waals surface area contributed by atoms with Crippen molar-refractivity contribution in [3.8, 4) is 11.5 Å². The van der Waals surface area contributed by atoms with Crippen LogP contribution >= 0.6 is 26.6 Å². The summed E-state index contributed by atoms with van der Waals surface area (Å²) in [6.07, 6.45) is 0. The van der Waals surface area contributed by atoms with Gasteiger partial charge in [-0.05, 0) is 15.9 Å². The molecule has 0 unspecified atom stereocenters. The van der Waals surface area contributed by atoms with Crippen LogP contribution in [0.15, 0.2) is 10.5 Å². The van der Waals surface area contributed by atoms with Gasteiger partial charge >= 0.3 is 0 Å². The van der Waals surface area contributed by atoms with E-state index in [4.69, 9.17) is 20.2 Å². The fraction of sp³-hybridized carbons (Fsp3) is 0.250. The molecule has 0 bridgehead atoms. The lowest BCUT2D eigenvalue weighted by Gasteiger charge is -2.07. The molecule has 88 valence electrons. The first-order chi connectivity index (χ1) is 7.38. The van der Waals surface area contributed by atoms with E-state index >= 15 is 0 Å². The van der Waals surface area contributed by atoms with Gasteiger partial charge in [-0.25, -0.2) is 12.8 Å². The summed E-state index contributed by atoms with van der Waals surface area (Å²) in [7, 11) is 1.23. The second-order valence-electron chi connectivity index (χ2n) is 3.07. The van der Waals surface area contributed by atoms with Gasteiger partial charge in [0.15, 0.2) is 11.5 Å². The maximum Gasteiger partial charge on any atom is 0.237 e. The Morgan fingerprint density at radius 3 is 2.81 bits per heavy atom. The van der Waals surface area contributed by atoms with Crippen LogP contribution in [0.4, 0.5) is 4.39 Å². The minimum Gasteiger partial charge on any atom is -0.454 e. The molecule has 0 radical (unpaired) electrons. The number of halogens is 3. The summed E-state index contributed by atoms with van der Waals surface area (Å²) >= 11 is 2.96. The Morgan fingerprint density at radius 1 is 1.50 bits per heavy atom. The molecule has 2 rings (SSSR count). The molecule has 0 spiro atoms. The van der Waals surface area contributed by atoms with Crippen LogP contribution < -0.4 is 9.47 Å². The van der Waals surface area contributed by atoms with Crippen molar-refractivity contribution in [2.75, 3.05) is 6.79 Å². The third kappa shape index (κ3) is 2.26. The summed E-state index contributed by atoms with van der Waals surface area (Å²) < 4.78 is 45.7. The molecule has 0 N–H and O–H groups in total. The lowest BCUT2D eigenvalue weighted by Crippen LogP contribution is -2.01. The molecule has 1 aliphatic rings. The molecule has 0 amide bonds. The molecule has 1 aromatic rings. The van der Waals surface area contributed by atoms with E-state index in [2.05, 4.69) is 15.9 Å². The first kappa shape index (κ1) is 11.9. The van der Waals surface area contributed by atoms with Gasteiger partial charge in [0.1, 0.15) is 5.82 Å². The zero-order valence-corrected chi connectivity index (χ0v) is 10.8. The van der Waals surface area contributed by atoms with E-state index in [1.807, 2.05) is 0 Å². The quantitative estimate of drug-likeness (QED) is 0.781. The molecule has 1 heterocycles. The summed E-state index contributed by atoms with van der Waals surface area (Å²) in [4.78, 5) is 0. The number of rotatable bonds is 2. The highest BCUT2D eigenvalue weighted by Crippen LogP contribution is 2.41. The molecule has 1 aliphatic heterocycles. The van der Waals surface area contributed by atoms with Crippen LogP contribution in [0.1, 0.15) is 5.56 Å². The zero-order chi connectivity index (χ0) is 11.9. The molecule has 0 aliphatic carbocycles. The minimum absolute atomic E-state index is 0.0689. The predicted molar refractivity (Wildman–Crippen MR) is 58.7 cm³/mol. The van der Waals surface area contributed by atoms with Crippen LogP contribution in [0.5, 0.6) is 11.5 Å². The van der Waals surface area contributed by atoms with Gasteiger partial charge in [-0.15, -0.1) is 0 Å². The average molecular weight is 332 g/mol. The molecule has 1 aromatic carbocycles. The van der Waals surface area contributed by atoms with Crippen molar-refractivity contribution in [2.24, 2.45) is 0 Å². The molecular formula is C8H5BrClFO4S. The van der Waals surface area contributed by atoms with Gasteiger partial charge in [0.2, 0.25) is 15.8 Å². The van der Waals surface area contributed by atoms with Crippen molar-refractivity contribution in [3.05, 3.63) is 21.9 Å². The molecule has 0 saturated carbocycles. The van der Waals surface area contributed by atoms with Crippen LogP contribution in [-0.4, -0.2) is 15.2 Å². The summed E-state index contributed by atoms with van der Waals surface area (Å²) in [5, 5.41) is 0. The van der Waals surface area contributed by atoms with Gasteiger partial charge in [0.05, 0.1) is 15.8 Å². The van der Waals surface area contributed by atoms with Crippen LogP contribution in [0.25, 0.3) is 0 Å². The third-order valence-electron chi connectivity index (χ3n) is 1.96. The van der Waals surface area contributed by atoms with Crippen LogP contribution in [0.2, 0.25) is 0 Å². The number of hydrogen-bond donors (Lipinski definition) is 0. The van der Waals surface area contributed by atoms with Gasteiger partial charge in [-0.1, -0.05) is 0 Å². The normalized spacial score (nSPS) is 14.2. The molecule has 8 heteroatoms. The highest BCUT2D eigenvalue weighted by atomic mass is 79.9. The molecule has 0 saturated heterocycles. The maximum absolute atomic E-state index is 13.7. The topological polar surface area (TPSA) is 52.6 Å². The van der Waals surface area contributed by atoms with E-state index in [0.717, 1.165) is 0 Å². The second-order valence-corrected chi connectivity index (χ2v) is 6.70. The number of hydrogen-bond acceptors (Lipinski definition) is 4.